The zero-order chi connectivity index (χ0) is 26.1. The molecule has 0 spiro atoms. The van der Waals surface area contributed by atoms with Crippen LogP contribution in [0.3, 0.4) is 0 Å². The number of nitrogens with zero attached hydrogens (tertiary/aromatic N) is 2. The molecule has 0 aliphatic rings. The number of unbranched alkanes of at least 4 members (excludes halogenated alkanes) is 8. The summed E-state index contributed by atoms with van der Waals surface area (Å²) >= 11 is 1.73. The molecule has 6 heteroatoms. The topological polar surface area (TPSA) is 61.3 Å². The minimum Gasteiger partial charge on any atom is -0.479 e. The van der Waals surface area contributed by atoms with Crippen LogP contribution in [0.4, 0.5) is 0 Å². The fraction of sp³-hybridized carbons (Fsp3) is 0.452. The number of carbonyl (C=O) groups is 1. The van der Waals surface area contributed by atoms with Crippen LogP contribution >= 0.6 is 11.8 Å². The summed E-state index contributed by atoms with van der Waals surface area (Å²) in [6.07, 6.45) is 15.1. The van der Waals surface area contributed by atoms with Gasteiger partial charge in [-0.15, -0.1) is 0 Å². The third-order valence-electron chi connectivity index (χ3n) is 6.16. The highest BCUT2D eigenvalue weighted by Crippen LogP contribution is 2.24. The first-order valence-corrected chi connectivity index (χ1v) is 14.6. The lowest BCUT2D eigenvalue weighted by Gasteiger charge is -2.14. The van der Waals surface area contributed by atoms with Crippen molar-refractivity contribution in [2.75, 3.05) is 5.75 Å². The fourth-order valence-electron chi connectivity index (χ4n) is 3.94. The zero-order valence-corrected chi connectivity index (χ0v) is 23.1. The van der Waals surface area contributed by atoms with Gasteiger partial charge in [0.05, 0.1) is 0 Å². The van der Waals surface area contributed by atoms with Gasteiger partial charge in [-0.05, 0) is 36.6 Å². The molecule has 1 heterocycles. The van der Waals surface area contributed by atoms with Crippen molar-refractivity contribution in [1.82, 2.24) is 9.97 Å². The minimum absolute atomic E-state index is 0.236. The minimum atomic E-state index is -0.694. The molecule has 2 aromatic carbocycles. The summed E-state index contributed by atoms with van der Waals surface area (Å²) in [5.74, 6) is 1.28. The molecule has 0 bridgehead atoms. The van der Waals surface area contributed by atoms with E-state index in [-0.39, 0.29) is 6.61 Å². The van der Waals surface area contributed by atoms with E-state index in [0.717, 1.165) is 27.6 Å². The number of rotatable bonds is 17. The average Bonchev–Trinajstić information content (AvgIpc) is 2.94. The largest absolute Gasteiger partial charge is 0.479 e. The SMILES string of the molecule is CCCCCCCCCCCSc1ncc(-c2ccc(O[C@H](C)C(=O)OCc3ccccc3)cc2)cn1. The molecular formula is C31H40N2O3S. The second-order valence-electron chi connectivity index (χ2n) is 9.31. The Hall–Kier alpha value is -2.86. The van der Waals surface area contributed by atoms with Crippen LogP contribution < -0.4 is 4.74 Å². The third kappa shape index (κ3) is 11.0. The molecule has 0 saturated heterocycles. The average molecular weight is 521 g/mol. The van der Waals surface area contributed by atoms with Gasteiger partial charge in [-0.2, -0.15) is 0 Å². The first kappa shape index (κ1) is 28.7. The van der Waals surface area contributed by atoms with Crippen LogP contribution in [-0.4, -0.2) is 27.8 Å². The van der Waals surface area contributed by atoms with Gasteiger partial charge in [-0.1, -0.05) is 113 Å². The van der Waals surface area contributed by atoms with Gasteiger partial charge in [0.15, 0.2) is 11.3 Å². The van der Waals surface area contributed by atoms with Crippen molar-refractivity contribution in [2.45, 2.75) is 89.5 Å². The zero-order valence-electron chi connectivity index (χ0n) is 22.2. The molecule has 0 aliphatic carbocycles. The predicted molar refractivity (Wildman–Crippen MR) is 152 cm³/mol. The highest BCUT2D eigenvalue weighted by molar-refractivity contribution is 7.99. The first-order valence-electron chi connectivity index (χ1n) is 13.6. The molecule has 0 unspecified atom stereocenters. The molecule has 37 heavy (non-hydrogen) atoms. The number of benzene rings is 2. The molecule has 0 aliphatic heterocycles. The molecule has 0 N–H and O–H groups in total. The molecule has 1 atom stereocenters. The maximum absolute atomic E-state index is 12.3. The van der Waals surface area contributed by atoms with E-state index in [4.69, 9.17) is 9.47 Å². The first-order chi connectivity index (χ1) is 18.2. The maximum Gasteiger partial charge on any atom is 0.347 e. The van der Waals surface area contributed by atoms with Crippen LogP contribution in [0.1, 0.15) is 77.2 Å². The van der Waals surface area contributed by atoms with Crippen molar-refractivity contribution in [2.24, 2.45) is 0 Å². The molecule has 1 aromatic heterocycles. The van der Waals surface area contributed by atoms with Crippen molar-refractivity contribution in [1.29, 1.82) is 0 Å². The summed E-state index contributed by atoms with van der Waals surface area (Å²) in [7, 11) is 0. The van der Waals surface area contributed by atoms with Crippen LogP contribution in [0.2, 0.25) is 0 Å². The number of aromatic nitrogens is 2. The van der Waals surface area contributed by atoms with E-state index in [2.05, 4.69) is 16.9 Å². The lowest BCUT2D eigenvalue weighted by Crippen LogP contribution is -2.26. The van der Waals surface area contributed by atoms with E-state index in [9.17, 15) is 4.79 Å². The lowest BCUT2D eigenvalue weighted by atomic mass is 10.1. The summed E-state index contributed by atoms with van der Waals surface area (Å²) < 4.78 is 11.1. The summed E-state index contributed by atoms with van der Waals surface area (Å²) in [5.41, 5.74) is 2.90. The Morgan fingerprint density at radius 1 is 0.811 bits per heavy atom. The Labute approximate surface area is 226 Å². The molecule has 5 nitrogen and oxygen atoms in total. The van der Waals surface area contributed by atoms with Crippen LogP contribution in [0.5, 0.6) is 5.75 Å². The van der Waals surface area contributed by atoms with E-state index in [1.54, 1.807) is 18.7 Å². The Balaban J connectivity index is 1.35. The number of hydrogen-bond donors (Lipinski definition) is 0. The van der Waals surface area contributed by atoms with Gasteiger partial charge in [-0.3, -0.25) is 0 Å². The molecule has 0 fully saturated rings. The van der Waals surface area contributed by atoms with Gasteiger partial charge in [0.2, 0.25) is 0 Å². The normalized spacial score (nSPS) is 11.7. The predicted octanol–water partition coefficient (Wildman–Crippen LogP) is 8.28. The van der Waals surface area contributed by atoms with Gasteiger partial charge in [0, 0.05) is 23.7 Å². The molecule has 3 aromatic rings. The number of hydrogen-bond acceptors (Lipinski definition) is 6. The second-order valence-corrected chi connectivity index (χ2v) is 10.4. The van der Waals surface area contributed by atoms with E-state index >= 15 is 0 Å². The van der Waals surface area contributed by atoms with Crippen molar-refractivity contribution < 1.29 is 14.3 Å². The van der Waals surface area contributed by atoms with Crippen LogP contribution in [0.25, 0.3) is 11.1 Å². The van der Waals surface area contributed by atoms with E-state index in [1.165, 1.54) is 57.8 Å². The fourth-order valence-corrected chi connectivity index (χ4v) is 4.73. The van der Waals surface area contributed by atoms with Gasteiger partial charge < -0.3 is 9.47 Å². The number of ether oxygens (including phenoxy) is 2. The number of esters is 1. The summed E-state index contributed by atoms with van der Waals surface area (Å²) in [4.78, 5) is 21.3. The summed E-state index contributed by atoms with van der Waals surface area (Å²) in [6, 6.07) is 17.2. The standard InChI is InChI=1S/C31H40N2O3S/c1-3-4-5-6-7-8-9-10-14-21-37-31-32-22-28(23-33-31)27-17-19-29(20-18-27)36-25(2)30(34)35-24-26-15-12-11-13-16-26/h11-13,15-20,22-23,25H,3-10,14,21,24H2,1-2H3/t25-/m1/s1. The molecule has 0 amide bonds. The molecule has 0 saturated carbocycles. The van der Waals surface area contributed by atoms with Gasteiger partial charge in [-0.25, -0.2) is 14.8 Å². The maximum atomic E-state index is 12.3. The molecule has 198 valence electrons. The monoisotopic (exact) mass is 520 g/mol. The van der Waals surface area contributed by atoms with Crippen LogP contribution in [-0.2, 0) is 16.1 Å². The summed E-state index contributed by atoms with van der Waals surface area (Å²) in [6.45, 7) is 4.19. The smallest absolute Gasteiger partial charge is 0.347 e. The number of thioether (sulfide) groups is 1. The van der Waals surface area contributed by atoms with E-state index in [1.807, 2.05) is 67.0 Å². The Morgan fingerprint density at radius 3 is 2.08 bits per heavy atom. The quantitative estimate of drug-likeness (QED) is 0.0772. The van der Waals surface area contributed by atoms with Gasteiger partial charge in [0.25, 0.3) is 0 Å². The van der Waals surface area contributed by atoms with Crippen molar-refractivity contribution >= 4 is 17.7 Å². The van der Waals surface area contributed by atoms with E-state index < -0.39 is 12.1 Å². The lowest BCUT2D eigenvalue weighted by molar-refractivity contribution is -0.152. The summed E-state index contributed by atoms with van der Waals surface area (Å²) in [5, 5.41) is 0.825. The Kier molecular flexibility index (Phi) is 13.0. The van der Waals surface area contributed by atoms with E-state index in [0.29, 0.717) is 5.75 Å². The third-order valence-corrected chi connectivity index (χ3v) is 7.13. The molecule has 0 radical (unpaired) electrons. The molecular weight excluding hydrogens is 480 g/mol. The van der Waals surface area contributed by atoms with Crippen LogP contribution in [0.15, 0.2) is 72.1 Å². The van der Waals surface area contributed by atoms with Gasteiger partial charge >= 0.3 is 5.97 Å². The number of carbonyl (C=O) groups excluding carboxylic acids is 1. The van der Waals surface area contributed by atoms with Crippen molar-refractivity contribution in [3.05, 3.63) is 72.6 Å². The van der Waals surface area contributed by atoms with Crippen LogP contribution in [0, 0.1) is 0 Å². The Morgan fingerprint density at radius 2 is 1.43 bits per heavy atom. The molecule has 3 rings (SSSR count). The van der Waals surface area contributed by atoms with Crippen molar-refractivity contribution in [3.8, 4) is 16.9 Å². The Bertz CT molecular complexity index is 1030. The highest BCUT2D eigenvalue weighted by Gasteiger charge is 2.16. The second kappa shape index (κ2) is 16.8. The van der Waals surface area contributed by atoms with Gasteiger partial charge in [0.1, 0.15) is 12.4 Å². The van der Waals surface area contributed by atoms with Crippen molar-refractivity contribution in [3.63, 3.8) is 0 Å². The highest BCUT2D eigenvalue weighted by atomic mass is 32.2.